The van der Waals surface area contributed by atoms with Gasteiger partial charge in [-0.25, -0.2) is 8.78 Å². The molecule has 0 unspecified atom stereocenters. The lowest BCUT2D eigenvalue weighted by Gasteiger charge is -2.09. The van der Waals surface area contributed by atoms with Crippen molar-refractivity contribution in [2.24, 2.45) is 0 Å². The van der Waals surface area contributed by atoms with E-state index in [0.29, 0.717) is 5.75 Å². The third kappa shape index (κ3) is 3.54. The van der Waals surface area contributed by atoms with E-state index >= 15 is 0 Å². The summed E-state index contributed by atoms with van der Waals surface area (Å²) in [7, 11) is 0. The molecule has 0 heterocycles. The van der Waals surface area contributed by atoms with Crippen LogP contribution in [0.2, 0.25) is 0 Å². The number of rotatable bonds is 4. The second-order valence-electron chi connectivity index (χ2n) is 4.25. The highest BCUT2D eigenvalue weighted by molar-refractivity contribution is 5.92. The van der Waals surface area contributed by atoms with E-state index in [-0.39, 0.29) is 6.61 Å². The standard InChI is InChI=1S/C15H13F2NO2/c1-10-5-7-11(8-6-10)20-9-14(19)18-15-12(16)3-2-4-13(15)17/h2-8H,9H2,1H3,(H,18,19). The molecule has 2 rings (SSSR count). The molecule has 0 saturated heterocycles. The Morgan fingerprint density at radius 2 is 1.70 bits per heavy atom. The lowest BCUT2D eigenvalue weighted by molar-refractivity contribution is -0.118. The quantitative estimate of drug-likeness (QED) is 0.931. The first-order valence-electron chi connectivity index (χ1n) is 5.99. The summed E-state index contributed by atoms with van der Waals surface area (Å²) in [4.78, 5) is 11.6. The molecule has 2 aromatic carbocycles. The Morgan fingerprint density at radius 1 is 1.10 bits per heavy atom. The van der Waals surface area contributed by atoms with Gasteiger partial charge in [-0.05, 0) is 31.2 Å². The molecule has 0 aliphatic heterocycles. The lowest BCUT2D eigenvalue weighted by Crippen LogP contribution is -2.21. The van der Waals surface area contributed by atoms with Crippen LogP contribution in [0.3, 0.4) is 0 Å². The monoisotopic (exact) mass is 277 g/mol. The van der Waals surface area contributed by atoms with Gasteiger partial charge in [0.15, 0.2) is 6.61 Å². The molecule has 0 saturated carbocycles. The predicted octanol–water partition coefficient (Wildman–Crippen LogP) is 3.29. The molecule has 0 fully saturated rings. The van der Waals surface area contributed by atoms with Crippen molar-refractivity contribution in [3.63, 3.8) is 0 Å². The number of benzene rings is 2. The fraction of sp³-hybridized carbons (Fsp3) is 0.133. The molecule has 0 atom stereocenters. The summed E-state index contributed by atoms with van der Waals surface area (Å²) in [6.45, 7) is 1.61. The van der Waals surface area contributed by atoms with Crippen molar-refractivity contribution in [1.29, 1.82) is 0 Å². The summed E-state index contributed by atoms with van der Waals surface area (Å²) < 4.78 is 31.9. The predicted molar refractivity (Wildman–Crippen MR) is 71.7 cm³/mol. The van der Waals surface area contributed by atoms with E-state index < -0.39 is 23.2 Å². The highest BCUT2D eigenvalue weighted by Gasteiger charge is 2.12. The highest BCUT2D eigenvalue weighted by Crippen LogP contribution is 2.18. The van der Waals surface area contributed by atoms with Crippen LogP contribution in [0.25, 0.3) is 0 Å². The first-order valence-corrected chi connectivity index (χ1v) is 5.99. The Morgan fingerprint density at radius 3 is 2.30 bits per heavy atom. The average Bonchev–Trinajstić information content (AvgIpc) is 2.42. The maximum Gasteiger partial charge on any atom is 0.262 e. The first-order chi connectivity index (χ1) is 9.56. The van der Waals surface area contributed by atoms with Gasteiger partial charge in [0.25, 0.3) is 5.91 Å². The number of ether oxygens (including phenoxy) is 1. The Balaban J connectivity index is 1.94. The van der Waals surface area contributed by atoms with Crippen molar-refractivity contribution in [2.75, 3.05) is 11.9 Å². The largest absolute Gasteiger partial charge is 0.484 e. The minimum Gasteiger partial charge on any atom is -0.484 e. The van der Waals surface area contributed by atoms with Crippen molar-refractivity contribution < 1.29 is 18.3 Å². The van der Waals surface area contributed by atoms with E-state index in [9.17, 15) is 13.6 Å². The van der Waals surface area contributed by atoms with E-state index in [0.717, 1.165) is 17.7 Å². The van der Waals surface area contributed by atoms with Crippen molar-refractivity contribution in [1.82, 2.24) is 0 Å². The first kappa shape index (κ1) is 14.0. The van der Waals surface area contributed by atoms with Gasteiger partial charge in [-0.3, -0.25) is 4.79 Å². The van der Waals surface area contributed by atoms with Crippen LogP contribution in [-0.4, -0.2) is 12.5 Å². The summed E-state index contributed by atoms with van der Waals surface area (Å²) in [5.41, 5.74) is 0.597. The van der Waals surface area contributed by atoms with Gasteiger partial charge in [-0.1, -0.05) is 23.8 Å². The molecule has 0 radical (unpaired) electrons. The van der Waals surface area contributed by atoms with Crippen LogP contribution in [0, 0.1) is 18.6 Å². The van der Waals surface area contributed by atoms with E-state index in [1.165, 1.54) is 6.07 Å². The second kappa shape index (κ2) is 6.14. The van der Waals surface area contributed by atoms with Gasteiger partial charge in [0, 0.05) is 0 Å². The van der Waals surface area contributed by atoms with Gasteiger partial charge in [0.05, 0.1) is 0 Å². The van der Waals surface area contributed by atoms with Crippen LogP contribution in [0.1, 0.15) is 5.56 Å². The molecule has 0 aliphatic rings. The summed E-state index contributed by atoms with van der Waals surface area (Å²) in [5, 5.41) is 2.15. The van der Waals surface area contributed by atoms with Crippen molar-refractivity contribution in [3.8, 4) is 5.75 Å². The third-order valence-corrected chi connectivity index (χ3v) is 2.62. The van der Waals surface area contributed by atoms with Gasteiger partial charge in [0.1, 0.15) is 23.1 Å². The summed E-state index contributed by atoms with van der Waals surface area (Å²) in [6, 6.07) is 10.5. The highest BCUT2D eigenvalue weighted by atomic mass is 19.1. The fourth-order valence-electron chi connectivity index (χ4n) is 1.58. The summed E-state index contributed by atoms with van der Waals surface area (Å²) in [5.74, 6) is -1.77. The molecular formula is C15H13F2NO2. The number of anilines is 1. The zero-order valence-corrected chi connectivity index (χ0v) is 10.8. The van der Waals surface area contributed by atoms with Crippen LogP contribution in [0.4, 0.5) is 14.5 Å². The average molecular weight is 277 g/mol. The van der Waals surface area contributed by atoms with Crippen LogP contribution in [0.15, 0.2) is 42.5 Å². The number of carbonyl (C=O) groups is 1. The van der Waals surface area contributed by atoms with Crippen molar-refractivity contribution >= 4 is 11.6 Å². The number of nitrogens with one attached hydrogen (secondary N) is 1. The molecule has 5 heteroatoms. The molecular weight excluding hydrogens is 264 g/mol. The Hall–Kier alpha value is -2.43. The Bertz CT molecular complexity index is 592. The molecule has 0 spiro atoms. The lowest BCUT2D eigenvalue weighted by atomic mass is 10.2. The molecule has 104 valence electrons. The van der Waals surface area contributed by atoms with E-state index in [1.54, 1.807) is 12.1 Å². The number of amides is 1. The molecule has 2 aromatic rings. The molecule has 0 bridgehead atoms. The van der Waals surface area contributed by atoms with Crippen molar-refractivity contribution in [2.45, 2.75) is 6.92 Å². The SMILES string of the molecule is Cc1ccc(OCC(=O)Nc2c(F)cccc2F)cc1. The Labute approximate surface area is 115 Å². The summed E-state index contributed by atoms with van der Waals surface area (Å²) >= 11 is 0. The van der Waals surface area contributed by atoms with E-state index in [4.69, 9.17) is 4.74 Å². The number of hydrogen-bond acceptors (Lipinski definition) is 2. The van der Waals surface area contributed by atoms with Gasteiger partial charge in [-0.2, -0.15) is 0 Å². The minimum absolute atomic E-state index is 0.323. The Kier molecular flexibility index (Phi) is 4.30. The maximum atomic E-state index is 13.3. The zero-order valence-electron chi connectivity index (χ0n) is 10.8. The van der Waals surface area contributed by atoms with E-state index in [1.807, 2.05) is 19.1 Å². The van der Waals surface area contributed by atoms with Gasteiger partial charge < -0.3 is 10.1 Å². The molecule has 20 heavy (non-hydrogen) atoms. The van der Waals surface area contributed by atoms with Crippen LogP contribution < -0.4 is 10.1 Å². The topological polar surface area (TPSA) is 38.3 Å². The molecule has 1 amide bonds. The summed E-state index contributed by atoms with van der Waals surface area (Å²) in [6.07, 6.45) is 0. The van der Waals surface area contributed by atoms with Crippen LogP contribution in [-0.2, 0) is 4.79 Å². The molecule has 3 nitrogen and oxygen atoms in total. The molecule has 0 aromatic heterocycles. The van der Waals surface area contributed by atoms with Gasteiger partial charge in [0.2, 0.25) is 0 Å². The maximum absolute atomic E-state index is 13.3. The number of hydrogen-bond donors (Lipinski definition) is 1. The third-order valence-electron chi connectivity index (χ3n) is 2.62. The second-order valence-corrected chi connectivity index (χ2v) is 4.25. The fourth-order valence-corrected chi connectivity index (χ4v) is 1.58. The van der Waals surface area contributed by atoms with Crippen LogP contribution in [0.5, 0.6) is 5.75 Å². The van der Waals surface area contributed by atoms with Gasteiger partial charge in [-0.15, -0.1) is 0 Å². The number of para-hydroxylation sites is 1. The van der Waals surface area contributed by atoms with Crippen LogP contribution >= 0.6 is 0 Å². The van der Waals surface area contributed by atoms with E-state index in [2.05, 4.69) is 5.32 Å². The number of halogens is 2. The smallest absolute Gasteiger partial charge is 0.262 e. The molecule has 1 N–H and O–H groups in total. The number of carbonyl (C=O) groups excluding carboxylic acids is 1. The zero-order chi connectivity index (χ0) is 14.5. The van der Waals surface area contributed by atoms with Gasteiger partial charge >= 0.3 is 0 Å². The van der Waals surface area contributed by atoms with Crippen molar-refractivity contribution in [3.05, 3.63) is 59.7 Å². The number of aryl methyl sites for hydroxylation is 1. The minimum atomic E-state index is -0.825. The molecule has 0 aliphatic carbocycles. The normalized spacial score (nSPS) is 10.2.